The second-order valence-corrected chi connectivity index (χ2v) is 12.5. The molecule has 35 heavy (non-hydrogen) atoms. The van der Waals surface area contributed by atoms with Crippen LogP contribution in [0.1, 0.15) is 0 Å². The molecule has 0 amide bonds. The van der Waals surface area contributed by atoms with Crippen molar-refractivity contribution in [1.82, 2.24) is 28.0 Å². The molecule has 0 aliphatic heterocycles. The fraction of sp³-hybridized carbons (Fsp3) is 0.667. The third-order valence-electron chi connectivity index (χ3n) is 2.40. The maximum atomic E-state index is 7.50. The van der Waals surface area contributed by atoms with Crippen LogP contribution in [0.15, 0.2) is 0 Å². The van der Waals surface area contributed by atoms with Crippen LogP contribution in [0.3, 0.4) is 0 Å². The summed E-state index contributed by atoms with van der Waals surface area (Å²) in [7, 11) is 24.2. The molecule has 0 unspecified atom stereocenters. The molecule has 0 aromatic rings. The molecule has 198 valence electrons. The van der Waals surface area contributed by atoms with E-state index in [-0.39, 0.29) is 61.2 Å². The summed E-state index contributed by atoms with van der Waals surface area (Å²) >= 11 is 0. The van der Waals surface area contributed by atoms with Crippen LogP contribution < -0.4 is 0 Å². The molecule has 0 fully saturated rings. The maximum absolute atomic E-state index is 7.50. The summed E-state index contributed by atoms with van der Waals surface area (Å²) < 4.78 is 58.6. The maximum Gasteiger partial charge on any atom is 3.00 e. The van der Waals surface area contributed by atoms with Crippen LogP contribution in [0.4, 0.5) is 0 Å². The standard InChI is InChI=1S/2C6H18N3P.6CO.2Co.Hg/c2*1-7(2)10(8(3)4)9(5)6;6*1-2;;;/h2*1-6H3;;;;;;;;;/q;;;;;;;;2*+3;/p+2. The first-order valence-electron chi connectivity index (χ1n) is 7.93. The monoisotopic (exact) mass is 816 g/mol. The molecular formula is C18H38Co2HgN6O6P2+8. The van der Waals surface area contributed by atoms with Gasteiger partial charge in [-0.15, -0.1) is 0 Å². The van der Waals surface area contributed by atoms with Crippen LogP contribution in [-0.4, -0.2) is 113 Å². The fourth-order valence-corrected chi connectivity index (χ4v) is 7.20. The molecule has 0 bridgehead atoms. The minimum absolute atomic E-state index is 0. The van der Waals surface area contributed by atoms with E-state index < -0.39 is 16.7 Å². The number of hydrogen-bond acceptors (Lipinski definition) is 6. The Bertz CT molecular complexity index is 373. The van der Waals surface area contributed by atoms with Crippen molar-refractivity contribution in [3.63, 3.8) is 0 Å². The summed E-state index contributed by atoms with van der Waals surface area (Å²) in [5, 5.41) is 0. The summed E-state index contributed by atoms with van der Waals surface area (Å²) in [6, 6.07) is 0. The van der Waals surface area contributed by atoms with Crippen LogP contribution in [-0.2, 0) is 89.1 Å². The van der Waals surface area contributed by atoms with E-state index in [1.807, 2.05) is 0 Å². The van der Waals surface area contributed by atoms with Gasteiger partial charge in [0.15, 0.2) is 0 Å². The van der Waals surface area contributed by atoms with Crippen molar-refractivity contribution in [3.8, 4) is 0 Å². The smallest absolute Gasteiger partial charge is 0 e. The number of hydrogen-bond donors (Lipinski definition) is 0. The molecule has 17 heteroatoms. The van der Waals surface area contributed by atoms with Crippen molar-refractivity contribution in [2.24, 2.45) is 0 Å². The van der Waals surface area contributed by atoms with Crippen molar-refractivity contribution >= 4 is 16.7 Å². The number of nitrogens with zero attached hydrogens (tertiary/aromatic N) is 6. The Morgan fingerprint density at radius 1 is 0.314 bits per heavy atom. The topological polar surface area (TPSA) is 139 Å². The van der Waals surface area contributed by atoms with Crippen LogP contribution >= 0.6 is 16.7 Å². The van der Waals surface area contributed by atoms with Gasteiger partial charge in [-0.3, -0.25) is 0 Å². The van der Waals surface area contributed by atoms with Gasteiger partial charge in [0, 0.05) is 112 Å². The molecule has 0 saturated carbocycles. The molecule has 0 aromatic carbocycles. The fourth-order valence-electron chi connectivity index (χ4n) is 2.40. The Morgan fingerprint density at radius 2 is 0.371 bits per heavy atom. The van der Waals surface area contributed by atoms with Gasteiger partial charge in [-0.25, -0.2) is 0 Å². The number of rotatable bonds is 6. The first kappa shape index (κ1) is 70.6. The van der Waals surface area contributed by atoms with Crippen LogP contribution in [0.25, 0.3) is 0 Å². The van der Waals surface area contributed by atoms with Gasteiger partial charge in [0.05, 0.1) is 0 Å². The van der Waals surface area contributed by atoms with E-state index in [1.165, 1.54) is 0 Å². The molecule has 0 atom stereocenters. The van der Waals surface area contributed by atoms with Crippen LogP contribution in [0, 0.1) is 39.9 Å². The first-order chi connectivity index (χ1) is 14.9. The van der Waals surface area contributed by atoms with Crippen LogP contribution in [0.2, 0.25) is 0 Å². The summed E-state index contributed by atoms with van der Waals surface area (Å²) in [4.78, 5) is 0. The van der Waals surface area contributed by atoms with Gasteiger partial charge in [0.25, 0.3) is 0 Å². The second-order valence-electron chi connectivity index (χ2n) is 5.97. The minimum Gasteiger partial charge on any atom is 0 e. The average Bonchev–Trinajstić information content (AvgIpc) is 2.75. The van der Waals surface area contributed by atoms with Crippen molar-refractivity contribution < 1.29 is 89.1 Å². The zero-order valence-corrected chi connectivity index (χ0v) is 32.1. The van der Waals surface area contributed by atoms with Crippen LogP contribution in [0.5, 0.6) is 0 Å². The Morgan fingerprint density at radius 3 is 0.371 bits per heavy atom. The molecule has 12 nitrogen and oxygen atoms in total. The van der Waals surface area contributed by atoms with E-state index in [1.54, 1.807) is 0 Å². The largest absolute Gasteiger partial charge is 3.00 e. The predicted molar refractivity (Wildman–Crippen MR) is 122 cm³/mol. The summed E-state index contributed by atoms with van der Waals surface area (Å²) in [6.07, 6.45) is 0. The van der Waals surface area contributed by atoms with E-state index in [9.17, 15) is 0 Å². The summed E-state index contributed by atoms with van der Waals surface area (Å²) in [5.41, 5.74) is 0. The second kappa shape index (κ2) is 64.7. The van der Waals surface area contributed by atoms with Crippen molar-refractivity contribution in [1.29, 1.82) is 0 Å². The van der Waals surface area contributed by atoms with Gasteiger partial charge in [-0.1, -0.05) is 0 Å². The van der Waals surface area contributed by atoms with Crippen molar-refractivity contribution in [2.75, 3.05) is 84.6 Å². The van der Waals surface area contributed by atoms with Gasteiger partial charge in [-0.05, 0) is 0 Å². The van der Waals surface area contributed by atoms with E-state index in [2.05, 4.69) is 152 Å². The molecular weight excluding hydrogens is 777 g/mol. The minimum atomic E-state index is -0.596. The Labute approximate surface area is 256 Å². The Kier molecular flexibility index (Phi) is 131. The summed E-state index contributed by atoms with van der Waals surface area (Å²) in [6.45, 7) is 27.0. The van der Waals surface area contributed by atoms with Crippen molar-refractivity contribution in [2.45, 2.75) is 0 Å². The SMILES string of the molecule is CN(C)[PH+](N(C)C)N(C)C.CN(C)[PH+](N(C)C)N(C)C.[C-]#[O+].[C-]#[O+].[C-]#[O+].[C-]#[O+].[C-]#[O+].[C-]#[O+].[Co+3].[Co+3].[Hg]. The van der Waals surface area contributed by atoms with Crippen molar-refractivity contribution in [3.05, 3.63) is 39.9 Å². The predicted octanol–water partition coefficient (Wildman–Crippen LogP) is 1.03. The molecule has 0 heterocycles. The third-order valence-corrected chi connectivity index (χ3v) is 7.20. The molecule has 0 radical (unpaired) electrons. The van der Waals surface area contributed by atoms with Gasteiger partial charge in [-0.2, -0.15) is 28.0 Å². The van der Waals surface area contributed by atoms with Gasteiger partial charge >= 0.3 is 101 Å². The van der Waals surface area contributed by atoms with E-state index >= 15 is 0 Å². The van der Waals surface area contributed by atoms with E-state index in [0.29, 0.717) is 0 Å². The van der Waals surface area contributed by atoms with Gasteiger partial charge in [0.1, 0.15) is 0 Å². The molecule has 0 spiro atoms. The Hall–Kier alpha value is 1.01. The van der Waals surface area contributed by atoms with Gasteiger partial charge in [0.2, 0.25) is 16.7 Å². The van der Waals surface area contributed by atoms with E-state index in [0.717, 1.165) is 0 Å². The molecule has 0 saturated heterocycles. The first-order valence-corrected chi connectivity index (χ1v) is 10.6. The third kappa shape index (κ3) is 61.0. The molecule has 0 rings (SSSR count). The summed E-state index contributed by atoms with van der Waals surface area (Å²) in [5.74, 6) is 0. The zero-order chi connectivity index (χ0) is 28.6. The van der Waals surface area contributed by atoms with E-state index in [4.69, 9.17) is 27.9 Å². The molecule has 0 aliphatic rings. The average molecular weight is 815 g/mol. The van der Waals surface area contributed by atoms with Gasteiger partial charge < -0.3 is 0 Å². The molecule has 0 aromatic heterocycles. The molecule has 0 N–H and O–H groups in total. The Balaban J connectivity index is -0.0000000240. The normalized spacial score (nSPS) is 7.54. The zero-order valence-electron chi connectivity index (χ0n) is 22.5. The molecule has 0 aliphatic carbocycles. The quantitative estimate of drug-likeness (QED) is 0.170.